The molecule has 158 valence electrons. The molecule has 4 aromatic rings. The molecule has 0 saturated carbocycles. The van der Waals surface area contributed by atoms with Crippen molar-refractivity contribution in [2.24, 2.45) is 5.92 Å². The van der Waals surface area contributed by atoms with Crippen LogP contribution in [-0.2, 0) is 6.42 Å². The maximum absolute atomic E-state index is 10.4. The van der Waals surface area contributed by atoms with Crippen LogP contribution in [0.2, 0.25) is 0 Å². The molecule has 4 heterocycles. The summed E-state index contributed by atoms with van der Waals surface area (Å²) >= 11 is 1.46. The minimum Gasteiger partial charge on any atom is -0.395 e. The lowest BCUT2D eigenvalue weighted by molar-refractivity contribution is 0.00648. The Kier molecular flexibility index (Phi) is 4.46. The van der Waals surface area contributed by atoms with Crippen LogP contribution in [0.4, 0.5) is 0 Å². The number of hydrogen-bond acceptors (Lipinski definition) is 10. The molecule has 0 spiro atoms. The van der Waals surface area contributed by atoms with Gasteiger partial charge in [-0.2, -0.15) is 4.98 Å². The van der Waals surface area contributed by atoms with Gasteiger partial charge >= 0.3 is 0 Å². The molecule has 0 bridgehead atoms. The van der Waals surface area contributed by atoms with E-state index in [1.807, 2.05) is 22.4 Å². The second-order valence-corrected chi connectivity index (χ2v) is 8.69. The first kappa shape index (κ1) is 18.8. The van der Waals surface area contributed by atoms with Gasteiger partial charge in [0.15, 0.2) is 16.5 Å². The van der Waals surface area contributed by atoms with E-state index in [-0.39, 0.29) is 18.5 Å². The fourth-order valence-corrected chi connectivity index (χ4v) is 5.45. The molecule has 2 N–H and O–H groups in total. The number of rotatable bonds is 5. The van der Waals surface area contributed by atoms with Gasteiger partial charge in [-0.25, -0.2) is 4.98 Å². The Morgan fingerprint density at radius 2 is 2.16 bits per heavy atom. The zero-order valence-electron chi connectivity index (χ0n) is 16.4. The number of aliphatic hydroxyl groups excluding tert-OH is 2. The largest absolute Gasteiger partial charge is 0.395 e. The summed E-state index contributed by atoms with van der Waals surface area (Å²) in [6, 6.07) is 7.89. The standard InChI is InChI=1S/C21H19N5O4S/c27-6-5-26-17(28)9-11-8-14-12(18(11)26)2-1-3-13(14)19-23-20(30-25-19)15-10-16(29-24-15)21-22-4-7-31-21/h1-4,7,10-11,17-18,27-28H,5-6,8-9H2/t11-,17?,18+/m1/s1. The van der Waals surface area contributed by atoms with Crippen molar-refractivity contribution in [1.29, 1.82) is 0 Å². The monoisotopic (exact) mass is 437 g/mol. The summed E-state index contributed by atoms with van der Waals surface area (Å²) in [6.07, 6.45) is 2.71. The molecule has 3 aromatic heterocycles. The van der Waals surface area contributed by atoms with Crippen LogP contribution in [0.25, 0.3) is 33.7 Å². The van der Waals surface area contributed by atoms with Gasteiger partial charge in [-0.15, -0.1) is 11.3 Å². The van der Waals surface area contributed by atoms with Crippen molar-refractivity contribution < 1.29 is 19.3 Å². The maximum Gasteiger partial charge on any atom is 0.280 e. The summed E-state index contributed by atoms with van der Waals surface area (Å²) in [6.45, 7) is 0.468. The van der Waals surface area contributed by atoms with Gasteiger partial charge in [-0.05, 0) is 29.9 Å². The highest BCUT2D eigenvalue weighted by Gasteiger charge is 2.46. The lowest BCUT2D eigenvalue weighted by Gasteiger charge is -2.26. The second kappa shape index (κ2) is 7.34. The van der Waals surface area contributed by atoms with Crippen molar-refractivity contribution in [3.8, 4) is 33.7 Å². The van der Waals surface area contributed by atoms with Crippen LogP contribution in [0.5, 0.6) is 0 Å². The van der Waals surface area contributed by atoms with Crippen molar-refractivity contribution in [2.45, 2.75) is 25.1 Å². The summed E-state index contributed by atoms with van der Waals surface area (Å²) in [5.41, 5.74) is 3.71. The Bertz CT molecular complexity index is 1220. The predicted octanol–water partition coefficient (Wildman–Crippen LogP) is 2.74. The van der Waals surface area contributed by atoms with E-state index in [1.165, 1.54) is 16.9 Å². The van der Waals surface area contributed by atoms with E-state index in [9.17, 15) is 10.2 Å². The first-order valence-electron chi connectivity index (χ1n) is 10.1. The molecule has 3 atom stereocenters. The molecule has 1 aliphatic heterocycles. The fraction of sp³-hybridized carbons (Fsp3) is 0.333. The van der Waals surface area contributed by atoms with E-state index < -0.39 is 6.23 Å². The molecule has 9 nitrogen and oxygen atoms in total. The molecule has 0 radical (unpaired) electrons. The van der Waals surface area contributed by atoms with E-state index >= 15 is 0 Å². The third-order valence-electron chi connectivity index (χ3n) is 6.09. The molecule has 2 aliphatic rings. The SMILES string of the molecule is OCCN1C(O)C[C@H]2Cc3c(-c4noc(-c5cc(-c6nccs6)on5)n4)cccc3[C@H]21. The Morgan fingerprint density at radius 3 is 3.00 bits per heavy atom. The number of aromatic nitrogens is 4. The average Bonchev–Trinajstić information content (AvgIpc) is 3.57. The molecular weight excluding hydrogens is 418 g/mol. The van der Waals surface area contributed by atoms with Gasteiger partial charge in [0.25, 0.3) is 5.89 Å². The average molecular weight is 437 g/mol. The molecule has 6 rings (SSSR count). The number of β-amino-alcohol motifs (C(OH)–C–C–N with tert-alkyl or cyclic N) is 1. The Balaban J connectivity index is 1.33. The van der Waals surface area contributed by atoms with Crippen LogP contribution >= 0.6 is 11.3 Å². The zero-order chi connectivity index (χ0) is 20.9. The number of likely N-dealkylation sites (tertiary alicyclic amines) is 1. The minimum absolute atomic E-state index is 0.0180. The van der Waals surface area contributed by atoms with Gasteiger partial charge in [0, 0.05) is 35.8 Å². The van der Waals surface area contributed by atoms with Crippen molar-refractivity contribution >= 4 is 11.3 Å². The van der Waals surface area contributed by atoms with Crippen LogP contribution in [-0.4, -0.2) is 54.8 Å². The van der Waals surface area contributed by atoms with Crippen molar-refractivity contribution in [3.63, 3.8) is 0 Å². The van der Waals surface area contributed by atoms with Crippen LogP contribution in [0.15, 0.2) is 44.9 Å². The lowest BCUT2D eigenvalue weighted by atomic mass is 10.0. The Hall–Kier alpha value is -2.92. The molecule has 1 unspecified atom stereocenters. The molecule has 1 aliphatic carbocycles. The maximum atomic E-state index is 10.4. The van der Waals surface area contributed by atoms with Crippen LogP contribution in [0, 0.1) is 5.92 Å². The number of aliphatic hydroxyl groups is 2. The summed E-state index contributed by atoms with van der Waals surface area (Å²) in [5.74, 6) is 1.65. The molecule has 31 heavy (non-hydrogen) atoms. The topological polar surface area (TPSA) is 122 Å². The number of hydrogen-bond donors (Lipinski definition) is 2. The van der Waals surface area contributed by atoms with Gasteiger partial charge in [0.05, 0.1) is 6.61 Å². The van der Waals surface area contributed by atoms with Gasteiger partial charge in [0.1, 0.15) is 6.23 Å². The summed E-state index contributed by atoms with van der Waals surface area (Å²) in [7, 11) is 0. The predicted molar refractivity (Wildman–Crippen MR) is 111 cm³/mol. The van der Waals surface area contributed by atoms with E-state index in [0.29, 0.717) is 36.2 Å². The molecule has 10 heteroatoms. The number of fused-ring (bicyclic) bond motifs is 3. The van der Waals surface area contributed by atoms with Crippen molar-refractivity contribution in [3.05, 3.63) is 47.0 Å². The first-order chi connectivity index (χ1) is 15.2. The van der Waals surface area contributed by atoms with Gasteiger partial charge in [-0.1, -0.05) is 28.5 Å². The Morgan fingerprint density at radius 1 is 1.23 bits per heavy atom. The normalized spacial score (nSPS) is 22.7. The van der Waals surface area contributed by atoms with E-state index in [4.69, 9.17) is 9.05 Å². The highest BCUT2D eigenvalue weighted by Crippen LogP contribution is 2.50. The highest BCUT2D eigenvalue weighted by atomic mass is 32.1. The summed E-state index contributed by atoms with van der Waals surface area (Å²) < 4.78 is 10.9. The molecule has 1 saturated heterocycles. The number of thiazole rings is 1. The van der Waals surface area contributed by atoms with E-state index in [2.05, 4.69) is 26.3 Å². The smallest absolute Gasteiger partial charge is 0.280 e. The first-order valence-corrected chi connectivity index (χ1v) is 11.0. The zero-order valence-corrected chi connectivity index (χ0v) is 17.2. The van der Waals surface area contributed by atoms with Gasteiger partial charge < -0.3 is 19.3 Å². The third-order valence-corrected chi connectivity index (χ3v) is 6.88. The molecule has 1 aromatic carbocycles. The second-order valence-electron chi connectivity index (χ2n) is 7.80. The highest BCUT2D eigenvalue weighted by molar-refractivity contribution is 7.13. The summed E-state index contributed by atoms with van der Waals surface area (Å²) in [5, 5.41) is 30.7. The lowest BCUT2D eigenvalue weighted by Crippen LogP contribution is -2.33. The number of nitrogens with zero attached hydrogens (tertiary/aromatic N) is 5. The van der Waals surface area contributed by atoms with Crippen molar-refractivity contribution in [2.75, 3.05) is 13.2 Å². The molecular formula is C21H19N5O4S. The van der Waals surface area contributed by atoms with Gasteiger partial charge in [-0.3, -0.25) is 4.90 Å². The Labute approximate surface area is 181 Å². The minimum atomic E-state index is -0.519. The number of benzene rings is 1. The fourth-order valence-electron chi connectivity index (χ4n) is 4.86. The van der Waals surface area contributed by atoms with Gasteiger partial charge in [0.2, 0.25) is 5.82 Å². The molecule has 0 amide bonds. The van der Waals surface area contributed by atoms with Crippen LogP contribution < -0.4 is 0 Å². The third kappa shape index (κ3) is 3.02. The van der Waals surface area contributed by atoms with Crippen LogP contribution in [0.1, 0.15) is 23.6 Å². The van der Waals surface area contributed by atoms with E-state index in [0.717, 1.165) is 22.6 Å². The van der Waals surface area contributed by atoms with Crippen molar-refractivity contribution in [1.82, 2.24) is 25.2 Å². The quantitative estimate of drug-likeness (QED) is 0.485. The van der Waals surface area contributed by atoms with E-state index in [1.54, 1.807) is 12.3 Å². The van der Waals surface area contributed by atoms with Crippen LogP contribution in [0.3, 0.4) is 0 Å². The summed E-state index contributed by atoms with van der Waals surface area (Å²) in [4.78, 5) is 10.8. The molecule has 1 fully saturated rings.